The van der Waals surface area contributed by atoms with E-state index in [9.17, 15) is 18.0 Å². The van der Waals surface area contributed by atoms with Gasteiger partial charge < -0.3 is 5.11 Å². The first kappa shape index (κ1) is 13.5. The van der Waals surface area contributed by atoms with Gasteiger partial charge in [0.1, 0.15) is 5.75 Å². The number of hydrogen-bond donors (Lipinski definition) is 1. The van der Waals surface area contributed by atoms with Gasteiger partial charge in [-0.25, -0.2) is 0 Å². The largest absolute Gasteiger partial charge is 0.508 e. The number of Topliss-reactive ketones (excluding diaryl/α,β-unsaturated/α-hetero) is 1. The molecule has 3 nitrogen and oxygen atoms in total. The van der Waals surface area contributed by atoms with Crippen LogP contribution in [0.25, 0.3) is 0 Å². The standard InChI is InChI=1S/C11H12F3NO2/c1-15(7-11(12,13)14)6-10(17)8-2-4-9(16)5-3-8/h2-5,16H,6-7H2,1H3. The smallest absolute Gasteiger partial charge is 0.401 e. The molecular weight excluding hydrogens is 235 g/mol. The highest BCUT2D eigenvalue weighted by atomic mass is 19.4. The van der Waals surface area contributed by atoms with Crippen LogP contribution in [0.2, 0.25) is 0 Å². The first-order valence-corrected chi connectivity index (χ1v) is 4.85. The van der Waals surface area contributed by atoms with Gasteiger partial charge in [0.15, 0.2) is 5.78 Å². The van der Waals surface area contributed by atoms with E-state index in [0.29, 0.717) is 0 Å². The van der Waals surface area contributed by atoms with Gasteiger partial charge >= 0.3 is 6.18 Å². The summed E-state index contributed by atoms with van der Waals surface area (Å²) in [4.78, 5) is 12.5. The summed E-state index contributed by atoms with van der Waals surface area (Å²) in [7, 11) is 1.23. The lowest BCUT2D eigenvalue weighted by molar-refractivity contribution is -0.141. The zero-order valence-electron chi connectivity index (χ0n) is 9.16. The SMILES string of the molecule is CN(CC(=O)c1ccc(O)cc1)CC(F)(F)F. The molecule has 0 spiro atoms. The summed E-state index contributed by atoms with van der Waals surface area (Å²) in [6.07, 6.45) is -4.32. The van der Waals surface area contributed by atoms with Crippen molar-refractivity contribution in [2.24, 2.45) is 0 Å². The number of carbonyl (C=O) groups is 1. The number of hydrogen-bond acceptors (Lipinski definition) is 3. The van der Waals surface area contributed by atoms with Crippen LogP contribution in [0, 0.1) is 0 Å². The van der Waals surface area contributed by atoms with Gasteiger partial charge in [-0.1, -0.05) is 0 Å². The number of alkyl halides is 3. The Morgan fingerprint density at radius 3 is 2.29 bits per heavy atom. The molecule has 1 aromatic rings. The van der Waals surface area contributed by atoms with Crippen molar-refractivity contribution < 1.29 is 23.1 Å². The second-order valence-corrected chi connectivity index (χ2v) is 3.76. The molecule has 1 rings (SSSR count). The summed E-state index contributed by atoms with van der Waals surface area (Å²) in [5.74, 6) is -0.415. The molecule has 0 saturated carbocycles. The van der Waals surface area contributed by atoms with Crippen LogP contribution in [0.15, 0.2) is 24.3 Å². The number of rotatable bonds is 4. The molecule has 17 heavy (non-hydrogen) atoms. The number of phenolic OH excluding ortho intramolecular Hbond substituents is 1. The number of phenols is 1. The minimum atomic E-state index is -4.32. The Balaban J connectivity index is 2.57. The lowest BCUT2D eigenvalue weighted by Gasteiger charge is -2.17. The average molecular weight is 247 g/mol. The monoisotopic (exact) mass is 247 g/mol. The molecule has 0 heterocycles. The van der Waals surface area contributed by atoms with Gasteiger partial charge in [0.05, 0.1) is 13.1 Å². The van der Waals surface area contributed by atoms with E-state index in [2.05, 4.69) is 0 Å². The van der Waals surface area contributed by atoms with Gasteiger partial charge in [-0.05, 0) is 31.3 Å². The lowest BCUT2D eigenvalue weighted by atomic mass is 10.1. The second kappa shape index (κ2) is 5.18. The highest BCUT2D eigenvalue weighted by Crippen LogP contribution is 2.16. The third-order valence-corrected chi connectivity index (χ3v) is 2.05. The van der Waals surface area contributed by atoms with Crippen LogP contribution in [-0.4, -0.2) is 42.1 Å². The average Bonchev–Trinajstić information content (AvgIpc) is 2.15. The summed E-state index contributed by atoms with van der Waals surface area (Å²) >= 11 is 0. The maximum absolute atomic E-state index is 12.0. The molecule has 0 unspecified atom stereocenters. The first-order valence-electron chi connectivity index (χ1n) is 4.85. The molecule has 94 valence electrons. The normalized spacial score (nSPS) is 11.8. The number of aromatic hydroxyl groups is 1. The maximum atomic E-state index is 12.0. The molecule has 0 saturated heterocycles. The van der Waals surface area contributed by atoms with E-state index in [1.54, 1.807) is 0 Å². The predicted molar refractivity (Wildman–Crippen MR) is 56.0 cm³/mol. The third kappa shape index (κ3) is 4.86. The molecule has 0 atom stereocenters. The molecular formula is C11H12F3NO2. The zero-order valence-corrected chi connectivity index (χ0v) is 9.16. The van der Waals surface area contributed by atoms with Gasteiger partial charge in [0.25, 0.3) is 0 Å². The molecule has 1 aromatic carbocycles. The van der Waals surface area contributed by atoms with E-state index in [-0.39, 0.29) is 17.9 Å². The van der Waals surface area contributed by atoms with Crippen molar-refractivity contribution in [3.05, 3.63) is 29.8 Å². The zero-order chi connectivity index (χ0) is 13.1. The molecule has 0 amide bonds. The van der Waals surface area contributed by atoms with Crippen LogP contribution in [0.3, 0.4) is 0 Å². The van der Waals surface area contributed by atoms with E-state index in [1.807, 2.05) is 0 Å². The third-order valence-electron chi connectivity index (χ3n) is 2.05. The summed E-state index contributed by atoms with van der Waals surface area (Å²) in [6.45, 7) is -1.44. The maximum Gasteiger partial charge on any atom is 0.401 e. The van der Waals surface area contributed by atoms with Gasteiger partial charge in [-0.3, -0.25) is 9.69 Å². The van der Waals surface area contributed by atoms with Crippen LogP contribution in [0.4, 0.5) is 13.2 Å². The number of carbonyl (C=O) groups excluding carboxylic acids is 1. The number of likely N-dealkylation sites (N-methyl/N-ethyl adjacent to an activating group) is 1. The van der Waals surface area contributed by atoms with Gasteiger partial charge in [-0.2, -0.15) is 13.2 Å². The molecule has 0 fully saturated rings. The molecule has 6 heteroatoms. The Morgan fingerprint density at radius 1 is 1.29 bits per heavy atom. The second-order valence-electron chi connectivity index (χ2n) is 3.76. The summed E-state index contributed by atoms with van der Waals surface area (Å²) in [5, 5.41) is 9.00. The van der Waals surface area contributed by atoms with Crippen molar-refractivity contribution in [3.63, 3.8) is 0 Å². The molecule has 0 radical (unpaired) electrons. The summed E-state index contributed by atoms with van der Waals surface area (Å²) in [5.41, 5.74) is 0.275. The van der Waals surface area contributed by atoms with Crippen molar-refractivity contribution in [2.75, 3.05) is 20.1 Å². The number of nitrogens with zero attached hydrogens (tertiary/aromatic N) is 1. The van der Waals surface area contributed by atoms with Crippen molar-refractivity contribution >= 4 is 5.78 Å². The molecule has 0 bridgehead atoms. The highest BCUT2D eigenvalue weighted by Gasteiger charge is 2.29. The molecule has 0 aliphatic heterocycles. The Kier molecular flexibility index (Phi) is 4.11. The molecule has 0 aliphatic carbocycles. The molecule has 0 aromatic heterocycles. The quantitative estimate of drug-likeness (QED) is 0.828. The fraction of sp³-hybridized carbons (Fsp3) is 0.364. The number of halogens is 3. The fourth-order valence-electron chi connectivity index (χ4n) is 1.35. The van der Waals surface area contributed by atoms with Crippen molar-refractivity contribution in [2.45, 2.75) is 6.18 Å². The van der Waals surface area contributed by atoms with E-state index in [1.165, 1.54) is 31.3 Å². The minimum absolute atomic E-state index is 0.00481. The van der Waals surface area contributed by atoms with Crippen molar-refractivity contribution in [1.82, 2.24) is 4.90 Å². The van der Waals surface area contributed by atoms with Crippen molar-refractivity contribution in [1.29, 1.82) is 0 Å². The van der Waals surface area contributed by atoms with Crippen LogP contribution >= 0.6 is 0 Å². The first-order chi connectivity index (χ1) is 7.78. The number of ketones is 1. The van der Waals surface area contributed by atoms with Crippen LogP contribution in [0.5, 0.6) is 5.75 Å². The van der Waals surface area contributed by atoms with Gasteiger partial charge in [0, 0.05) is 5.56 Å². The summed E-state index contributed by atoms with van der Waals surface area (Å²) < 4.78 is 36.1. The van der Waals surface area contributed by atoms with Crippen LogP contribution in [-0.2, 0) is 0 Å². The van der Waals surface area contributed by atoms with E-state index < -0.39 is 18.5 Å². The van der Waals surface area contributed by atoms with Crippen molar-refractivity contribution in [3.8, 4) is 5.75 Å². The van der Waals surface area contributed by atoms with E-state index in [4.69, 9.17) is 5.11 Å². The Hall–Kier alpha value is -1.56. The van der Waals surface area contributed by atoms with E-state index >= 15 is 0 Å². The summed E-state index contributed by atoms with van der Waals surface area (Å²) in [6, 6.07) is 5.38. The Labute approximate surface area is 96.5 Å². The van der Waals surface area contributed by atoms with Crippen LogP contribution < -0.4 is 0 Å². The van der Waals surface area contributed by atoms with Crippen LogP contribution in [0.1, 0.15) is 10.4 Å². The number of benzene rings is 1. The predicted octanol–water partition coefficient (Wildman–Crippen LogP) is 2.07. The lowest BCUT2D eigenvalue weighted by Crippen LogP contribution is -2.34. The highest BCUT2D eigenvalue weighted by molar-refractivity contribution is 5.97. The fourth-order valence-corrected chi connectivity index (χ4v) is 1.35. The molecule has 0 aliphatic rings. The van der Waals surface area contributed by atoms with Gasteiger partial charge in [-0.15, -0.1) is 0 Å². The topological polar surface area (TPSA) is 40.5 Å². The molecule has 1 N–H and O–H groups in total. The minimum Gasteiger partial charge on any atom is -0.508 e. The van der Waals surface area contributed by atoms with E-state index in [0.717, 1.165) is 4.90 Å². The Bertz CT molecular complexity index is 387. The Morgan fingerprint density at radius 2 is 1.82 bits per heavy atom. The van der Waals surface area contributed by atoms with Gasteiger partial charge in [0.2, 0.25) is 0 Å².